The second-order valence-electron chi connectivity index (χ2n) is 6.87. The molecule has 2 heterocycles. The van der Waals surface area contributed by atoms with E-state index in [1.54, 1.807) is 0 Å². The molecule has 2 aliphatic rings. The average Bonchev–Trinajstić information content (AvgIpc) is 3.12. The molecule has 4 heteroatoms. The van der Waals surface area contributed by atoms with Crippen LogP contribution >= 0.6 is 11.6 Å². The van der Waals surface area contributed by atoms with Gasteiger partial charge in [0.25, 0.3) is 0 Å². The molecule has 23 heavy (non-hydrogen) atoms. The van der Waals surface area contributed by atoms with Crippen LogP contribution in [0, 0.1) is 6.92 Å². The molecule has 0 amide bonds. The summed E-state index contributed by atoms with van der Waals surface area (Å²) < 4.78 is 2.12. The van der Waals surface area contributed by atoms with E-state index < -0.39 is 0 Å². The van der Waals surface area contributed by atoms with Gasteiger partial charge in [0.05, 0.1) is 11.4 Å². The average molecular weight is 330 g/mol. The molecule has 0 atom stereocenters. The number of halogens is 1. The van der Waals surface area contributed by atoms with E-state index in [4.69, 9.17) is 16.7 Å². The second kappa shape index (κ2) is 6.20. The van der Waals surface area contributed by atoms with Crippen LogP contribution in [0.4, 0.5) is 5.82 Å². The number of aromatic nitrogens is 2. The minimum absolute atomic E-state index is 0.643. The Labute approximate surface area is 143 Å². The Hall–Kier alpha value is -1.48. The number of benzene rings is 1. The maximum atomic E-state index is 6.35. The zero-order chi connectivity index (χ0) is 15.8. The summed E-state index contributed by atoms with van der Waals surface area (Å²) in [7, 11) is 0. The summed E-state index contributed by atoms with van der Waals surface area (Å²) in [4.78, 5) is 0. The maximum absolute atomic E-state index is 6.35. The predicted octanol–water partition coefficient (Wildman–Crippen LogP) is 5.24. The normalized spacial score (nSPS) is 18.5. The van der Waals surface area contributed by atoms with Crippen LogP contribution in [-0.4, -0.2) is 16.3 Å². The first-order chi connectivity index (χ1) is 11.3. The summed E-state index contributed by atoms with van der Waals surface area (Å²) in [6.07, 6.45) is 8.89. The summed E-state index contributed by atoms with van der Waals surface area (Å²) in [5.74, 6) is 1.85. The molecule has 2 aromatic rings. The van der Waals surface area contributed by atoms with Gasteiger partial charge in [-0.05, 0) is 56.7 Å². The maximum Gasteiger partial charge on any atom is 0.133 e. The molecule has 1 aliphatic heterocycles. The molecule has 0 spiro atoms. The molecule has 1 aliphatic carbocycles. The van der Waals surface area contributed by atoms with Crippen molar-refractivity contribution in [2.24, 2.45) is 0 Å². The molecule has 1 N–H and O–H groups in total. The van der Waals surface area contributed by atoms with E-state index in [0.717, 1.165) is 29.2 Å². The van der Waals surface area contributed by atoms with Crippen molar-refractivity contribution >= 4 is 17.4 Å². The van der Waals surface area contributed by atoms with Crippen molar-refractivity contribution in [3.63, 3.8) is 0 Å². The first-order valence-electron chi connectivity index (χ1n) is 8.87. The highest BCUT2D eigenvalue weighted by atomic mass is 35.5. The predicted molar refractivity (Wildman–Crippen MR) is 95.9 cm³/mol. The van der Waals surface area contributed by atoms with Gasteiger partial charge in [-0.1, -0.05) is 30.5 Å². The molecule has 122 valence electrons. The molecule has 0 bridgehead atoms. The largest absolute Gasteiger partial charge is 0.370 e. The summed E-state index contributed by atoms with van der Waals surface area (Å²) >= 11 is 6.35. The lowest BCUT2D eigenvalue weighted by atomic mass is 9.97. The molecule has 0 radical (unpaired) electrons. The monoisotopic (exact) mass is 329 g/mol. The molecular weight excluding hydrogens is 306 g/mol. The van der Waals surface area contributed by atoms with Crippen molar-refractivity contribution in [2.75, 3.05) is 11.9 Å². The van der Waals surface area contributed by atoms with E-state index in [2.05, 4.69) is 23.0 Å². The van der Waals surface area contributed by atoms with Crippen molar-refractivity contribution in [1.29, 1.82) is 0 Å². The lowest BCUT2D eigenvalue weighted by Crippen LogP contribution is -2.08. The third-order valence-electron chi connectivity index (χ3n) is 5.37. The minimum Gasteiger partial charge on any atom is -0.370 e. The fourth-order valence-electron chi connectivity index (χ4n) is 4.06. The third-order valence-corrected chi connectivity index (χ3v) is 5.78. The molecule has 1 aromatic carbocycles. The van der Waals surface area contributed by atoms with E-state index in [0.29, 0.717) is 5.92 Å². The minimum atomic E-state index is 0.643. The highest BCUT2D eigenvalue weighted by molar-refractivity contribution is 6.31. The SMILES string of the molecule is Cc1c(Cl)cccc1-n1nc(C2CCCC2)c2c1NCCCC2. The Morgan fingerprint density at radius 2 is 2.00 bits per heavy atom. The van der Waals surface area contributed by atoms with Gasteiger partial charge in [-0.3, -0.25) is 0 Å². The molecule has 1 fully saturated rings. The van der Waals surface area contributed by atoms with Crippen LogP contribution in [0.5, 0.6) is 0 Å². The first-order valence-corrected chi connectivity index (χ1v) is 9.24. The van der Waals surface area contributed by atoms with Gasteiger partial charge in [0.15, 0.2) is 0 Å². The Kier molecular flexibility index (Phi) is 4.06. The first kappa shape index (κ1) is 15.1. The fraction of sp³-hybridized carbons (Fsp3) is 0.526. The number of nitrogens with zero attached hydrogens (tertiary/aromatic N) is 2. The van der Waals surface area contributed by atoms with E-state index in [1.807, 2.05) is 12.1 Å². The molecule has 1 aromatic heterocycles. The van der Waals surface area contributed by atoms with Gasteiger partial charge in [0, 0.05) is 23.0 Å². The fourth-order valence-corrected chi connectivity index (χ4v) is 4.23. The quantitative estimate of drug-likeness (QED) is 0.816. The standard InChI is InChI=1S/C19H24ClN3/c1-13-16(20)10-6-11-17(13)23-19-15(9-4-5-12-21-19)18(22-23)14-7-2-3-8-14/h6,10-11,14,21H,2-5,7-9,12H2,1H3. The van der Waals surface area contributed by atoms with Crippen LogP contribution in [0.25, 0.3) is 5.69 Å². The number of anilines is 1. The van der Waals surface area contributed by atoms with Crippen molar-refractivity contribution in [2.45, 2.75) is 57.8 Å². The number of hydrogen-bond acceptors (Lipinski definition) is 2. The van der Waals surface area contributed by atoms with E-state index in [-0.39, 0.29) is 0 Å². The van der Waals surface area contributed by atoms with Gasteiger partial charge in [-0.2, -0.15) is 5.10 Å². The number of rotatable bonds is 2. The van der Waals surface area contributed by atoms with Crippen LogP contribution in [-0.2, 0) is 6.42 Å². The smallest absolute Gasteiger partial charge is 0.133 e. The summed E-state index contributed by atoms with van der Waals surface area (Å²) in [6.45, 7) is 3.11. The van der Waals surface area contributed by atoms with Crippen LogP contribution < -0.4 is 5.32 Å². The van der Waals surface area contributed by atoms with E-state index >= 15 is 0 Å². The Morgan fingerprint density at radius 3 is 2.83 bits per heavy atom. The third kappa shape index (κ3) is 2.65. The number of hydrogen-bond donors (Lipinski definition) is 1. The Morgan fingerprint density at radius 1 is 1.17 bits per heavy atom. The van der Waals surface area contributed by atoms with E-state index in [9.17, 15) is 0 Å². The van der Waals surface area contributed by atoms with E-state index in [1.165, 1.54) is 55.6 Å². The van der Waals surface area contributed by atoms with Crippen molar-refractivity contribution in [3.05, 3.63) is 40.0 Å². The van der Waals surface area contributed by atoms with Gasteiger partial charge >= 0.3 is 0 Å². The van der Waals surface area contributed by atoms with Crippen LogP contribution in [0.15, 0.2) is 18.2 Å². The highest BCUT2D eigenvalue weighted by Crippen LogP contribution is 2.40. The lowest BCUT2D eigenvalue weighted by Gasteiger charge is -2.12. The van der Waals surface area contributed by atoms with Gasteiger partial charge in [0.1, 0.15) is 5.82 Å². The highest BCUT2D eigenvalue weighted by Gasteiger charge is 2.28. The molecule has 1 saturated carbocycles. The van der Waals surface area contributed by atoms with Gasteiger partial charge < -0.3 is 5.32 Å². The second-order valence-corrected chi connectivity index (χ2v) is 7.28. The van der Waals surface area contributed by atoms with Crippen molar-refractivity contribution in [1.82, 2.24) is 9.78 Å². The molecule has 0 unspecified atom stereocenters. The van der Waals surface area contributed by atoms with Crippen LogP contribution in [0.1, 0.15) is 61.3 Å². The van der Waals surface area contributed by atoms with Crippen LogP contribution in [0.3, 0.4) is 0 Å². The Balaban J connectivity index is 1.87. The van der Waals surface area contributed by atoms with Crippen LogP contribution in [0.2, 0.25) is 5.02 Å². The molecular formula is C19H24ClN3. The van der Waals surface area contributed by atoms with Crippen molar-refractivity contribution < 1.29 is 0 Å². The number of nitrogens with one attached hydrogen (secondary N) is 1. The zero-order valence-electron chi connectivity index (χ0n) is 13.7. The van der Waals surface area contributed by atoms with Crippen molar-refractivity contribution in [3.8, 4) is 5.69 Å². The summed E-state index contributed by atoms with van der Waals surface area (Å²) in [6, 6.07) is 6.10. The molecule has 3 nitrogen and oxygen atoms in total. The number of fused-ring (bicyclic) bond motifs is 1. The zero-order valence-corrected chi connectivity index (χ0v) is 14.5. The van der Waals surface area contributed by atoms with Gasteiger partial charge in [-0.25, -0.2) is 4.68 Å². The molecule has 0 saturated heterocycles. The topological polar surface area (TPSA) is 29.9 Å². The Bertz CT molecular complexity index is 714. The summed E-state index contributed by atoms with van der Waals surface area (Å²) in [5.41, 5.74) is 5.00. The van der Waals surface area contributed by atoms with Gasteiger partial charge in [0.2, 0.25) is 0 Å². The summed E-state index contributed by atoms with van der Waals surface area (Å²) in [5, 5.41) is 9.53. The lowest BCUT2D eigenvalue weighted by molar-refractivity contribution is 0.663. The molecule has 4 rings (SSSR count). The van der Waals surface area contributed by atoms with Gasteiger partial charge in [-0.15, -0.1) is 0 Å².